The molecule has 0 aliphatic rings. The van der Waals surface area contributed by atoms with Crippen LogP contribution in [0.4, 0.5) is 0 Å². The number of nitrogens with one attached hydrogen (secondary N) is 1. The smallest absolute Gasteiger partial charge is 0.0426 e. The van der Waals surface area contributed by atoms with Gasteiger partial charge in [-0.3, -0.25) is 0 Å². The molecule has 0 saturated heterocycles. The first-order valence-electron chi connectivity index (χ1n) is 6.45. The third-order valence-corrected chi connectivity index (χ3v) is 3.32. The second-order valence-electron chi connectivity index (χ2n) is 4.54. The first kappa shape index (κ1) is 14.4. The Kier molecular flexibility index (Phi) is 5.26. The standard InChI is InChI=1S/C16H17Cl2N/c1-2-6-19-11-12-4-3-5-13(7-12)14-8-15(17)10-16(18)9-14/h3-5,7-10,19H,2,6,11H2,1H3. The maximum absolute atomic E-state index is 6.05. The van der Waals surface area contributed by atoms with E-state index in [1.807, 2.05) is 12.1 Å². The van der Waals surface area contributed by atoms with E-state index in [1.165, 1.54) is 5.56 Å². The van der Waals surface area contributed by atoms with Gasteiger partial charge in [0, 0.05) is 16.6 Å². The lowest BCUT2D eigenvalue weighted by atomic mass is 10.0. The molecule has 3 heteroatoms. The fourth-order valence-corrected chi connectivity index (χ4v) is 2.52. The van der Waals surface area contributed by atoms with Crippen LogP contribution in [-0.2, 0) is 6.54 Å². The molecule has 0 amide bonds. The van der Waals surface area contributed by atoms with Crippen LogP contribution in [0, 0.1) is 0 Å². The van der Waals surface area contributed by atoms with Crippen LogP contribution in [0.25, 0.3) is 11.1 Å². The number of rotatable bonds is 5. The normalized spacial score (nSPS) is 10.7. The molecule has 0 atom stereocenters. The summed E-state index contributed by atoms with van der Waals surface area (Å²) in [5.41, 5.74) is 3.46. The summed E-state index contributed by atoms with van der Waals surface area (Å²) in [6.45, 7) is 4.08. The summed E-state index contributed by atoms with van der Waals surface area (Å²) in [4.78, 5) is 0. The predicted molar refractivity (Wildman–Crippen MR) is 83.9 cm³/mol. The van der Waals surface area contributed by atoms with Crippen molar-refractivity contribution in [3.05, 3.63) is 58.1 Å². The van der Waals surface area contributed by atoms with E-state index in [1.54, 1.807) is 6.07 Å². The summed E-state index contributed by atoms with van der Waals surface area (Å²) in [6.07, 6.45) is 1.14. The van der Waals surface area contributed by atoms with Gasteiger partial charge in [-0.1, -0.05) is 48.3 Å². The van der Waals surface area contributed by atoms with Crippen LogP contribution in [0.3, 0.4) is 0 Å². The van der Waals surface area contributed by atoms with Gasteiger partial charge in [-0.2, -0.15) is 0 Å². The molecule has 0 aliphatic heterocycles. The molecule has 1 N–H and O–H groups in total. The Morgan fingerprint density at radius 3 is 2.37 bits per heavy atom. The number of hydrogen-bond acceptors (Lipinski definition) is 1. The van der Waals surface area contributed by atoms with Gasteiger partial charge in [-0.15, -0.1) is 0 Å². The van der Waals surface area contributed by atoms with Crippen LogP contribution in [0.15, 0.2) is 42.5 Å². The zero-order valence-corrected chi connectivity index (χ0v) is 12.4. The first-order chi connectivity index (χ1) is 9.19. The first-order valence-corrected chi connectivity index (χ1v) is 7.21. The summed E-state index contributed by atoms with van der Waals surface area (Å²) in [5, 5.41) is 4.73. The van der Waals surface area contributed by atoms with Gasteiger partial charge in [0.25, 0.3) is 0 Å². The Morgan fingerprint density at radius 1 is 0.947 bits per heavy atom. The molecule has 0 spiro atoms. The molecule has 2 rings (SSSR count). The second kappa shape index (κ2) is 6.95. The van der Waals surface area contributed by atoms with Crippen molar-refractivity contribution in [3.63, 3.8) is 0 Å². The van der Waals surface area contributed by atoms with Crippen LogP contribution in [0.5, 0.6) is 0 Å². The van der Waals surface area contributed by atoms with E-state index in [9.17, 15) is 0 Å². The third-order valence-electron chi connectivity index (χ3n) is 2.88. The lowest BCUT2D eigenvalue weighted by Crippen LogP contribution is -2.13. The molecule has 0 aliphatic carbocycles. The fourth-order valence-electron chi connectivity index (χ4n) is 1.99. The molecule has 2 aromatic carbocycles. The molecule has 0 radical (unpaired) electrons. The molecule has 0 unspecified atom stereocenters. The van der Waals surface area contributed by atoms with Crippen LogP contribution < -0.4 is 5.32 Å². The summed E-state index contributed by atoms with van der Waals surface area (Å²) in [7, 11) is 0. The van der Waals surface area contributed by atoms with Gasteiger partial charge in [0.05, 0.1) is 0 Å². The molecule has 1 nitrogen and oxygen atoms in total. The minimum absolute atomic E-state index is 0.664. The highest BCUT2D eigenvalue weighted by Gasteiger charge is 2.02. The Balaban J connectivity index is 2.22. The van der Waals surface area contributed by atoms with E-state index in [4.69, 9.17) is 23.2 Å². The Hall–Kier alpha value is -1.02. The maximum atomic E-state index is 6.05. The van der Waals surface area contributed by atoms with Crippen molar-refractivity contribution in [2.24, 2.45) is 0 Å². The highest BCUT2D eigenvalue weighted by atomic mass is 35.5. The zero-order valence-electron chi connectivity index (χ0n) is 10.9. The number of hydrogen-bond donors (Lipinski definition) is 1. The predicted octanol–water partition coefficient (Wildman–Crippen LogP) is 5.16. The number of benzene rings is 2. The van der Waals surface area contributed by atoms with Crippen molar-refractivity contribution in [1.29, 1.82) is 0 Å². The minimum Gasteiger partial charge on any atom is -0.313 e. The summed E-state index contributed by atoms with van der Waals surface area (Å²) >= 11 is 12.1. The molecular formula is C16H17Cl2N. The molecule has 0 heterocycles. The van der Waals surface area contributed by atoms with E-state index >= 15 is 0 Å². The fraction of sp³-hybridized carbons (Fsp3) is 0.250. The van der Waals surface area contributed by atoms with Crippen molar-refractivity contribution in [2.75, 3.05) is 6.54 Å². The van der Waals surface area contributed by atoms with Crippen LogP contribution in [-0.4, -0.2) is 6.54 Å². The third kappa shape index (κ3) is 4.24. The molecular weight excluding hydrogens is 277 g/mol. The van der Waals surface area contributed by atoms with Crippen molar-refractivity contribution >= 4 is 23.2 Å². The van der Waals surface area contributed by atoms with Gasteiger partial charge in [0.1, 0.15) is 0 Å². The van der Waals surface area contributed by atoms with Gasteiger partial charge in [-0.25, -0.2) is 0 Å². The SMILES string of the molecule is CCCNCc1cccc(-c2cc(Cl)cc(Cl)c2)c1. The van der Waals surface area contributed by atoms with Gasteiger partial charge >= 0.3 is 0 Å². The van der Waals surface area contributed by atoms with E-state index in [-0.39, 0.29) is 0 Å². The minimum atomic E-state index is 0.664. The quantitative estimate of drug-likeness (QED) is 0.751. The average Bonchev–Trinajstić information content (AvgIpc) is 2.38. The summed E-state index contributed by atoms with van der Waals surface area (Å²) < 4.78 is 0. The van der Waals surface area contributed by atoms with Crippen molar-refractivity contribution in [2.45, 2.75) is 19.9 Å². The van der Waals surface area contributed by atoms with Crippen molar-refractivity contribution < 1.29 is 0 Å². The highest BCUT2D eigenvalue weighted by molar-refractivity contribution is 6.35. The monoisotopic (exact) mass is 293 g/mol. The second-order valence-corrected chi connectivity index (χ2v) is 5.41. The molecule has 2 aromatic rings. The van der Waals surface area contributed by atoms with Crippen LogP contribution >= 0.6 is 23.2 Å². The lowest BCUT2D eigenvalue weighted by molar-refractivity contribution is 0.675. The molecule has 100 valence electrons. The Morgan fingerprint density at radius 2 is 1.68 bits per heavy atom. The molecule has 0 aromatic heterocycles. The number of halogens is 2. The van der Waals surface area contributed by atoms with Crippen molar-refractivity contribution in [3.8, 4) is 11.1 Å². The maximum Gasteiger partial charge on any atom is 0.0426 e. The average molecular weight is 294 g/mol. The molecule has 19 heavy (non-hydrogen) atoms. The van der Waals surface area contributed by atoms with Crippen LogP contribution in [0.1, 0.15) is 18.9 Å². The van der Waals surface area contributed by atoms with E-state index in [2.05, 4.69) is 36.5 Å². The van der Waals surface area contributed by atoms with Gasteiger partial charge < -0.3 is 5.32 Å². The van der Waals surface area contributed by atoms with E-state index < -0.39 is 0 Å². The molecule has 0 bridgehead atoms. The lowest BCUT2D eigenvalue weighted by Gasteiger charge is -2.07. The van der Waals surface area contributed by atoms with E-state index in [0.29, 0.717) is 10.0 Å². The van der Waals surface area contributed by atoms with E-state index in [0.717, 1.165) is 30.6 Å². The topological polar surface area (TPSA) is 12.0 Å². The van der Waals surface area contributed by atoms with Gasteiger partial charge in [0.15, 0.2) is 0 Å². The molecule has 0 fully saturated rings. The summed E-state index contributed by atoms with van der Waals surface area (Å²) in [6, 6.07) is 14.1. The van der Waals surface area contributed by atoms with Crippen LogP contribution in [0.2, 0.25) is 10.0 Å². The van der Waals surface area contributed by atoms with Gasteiger partial charge in [-0.05, 0) is 53.9 Å². The van der Waals surface area contributed by atoms with Crippen molar-refractivity contribution in [1.82, 2.24) is 5.32 Å². The Bertz CT molecular complexity index is 532. The summed E-state index contributed by atoms with van der Waals surface area (Å²) in [5.74, 6) is 0. The largest absolute Gasteiger partial charge is 0.313 e. The Labute approximate surface area is 124 Å². The van der Waals surface area contributed by atoms with Gasteiger partial charge in [0.2, 0.25) is 0 Å². The highest BCUT2D eigenvalue weighted by Crippen LogP contribution is 2.27. The zero-order chi connectivity index (χ0) is 13.7. The molecule has 0 saturated carbocycles.